The second-order valence-electron chi connectivity index (χ2n) is 6.52. The smallest absolute Gasteiger partial charge is 0.194 e. The monoisotopic (exact) mass is 506 g/mol. The molecule has 154 valence electrons. The van der Waals surface area contributed by atoms with Gasteiger partial charge < -0.3 is 15.0 Å². The van der Waals surface area contributed by atoms with Gasteiger partial charge in [-0.25, -0.2) is 4.98 Å². The Balaban J connectivity index is 0.00000300. The molecule has 0 unspecified atom stereocenters. The minimum Gasteiger partial charge on any atom is -0.497 e. The predicted molar refractivity (Wildman–Crippen MR) is 127 cm³/mol. The maximum Gasteiger partial charge on any atom is 0.194 e. The van der Waals surface area contributed by atoms with Gasteiger partial charge in [0.05, 0.1) is 13.7 Å². The molecule has 0 fully saturated rings. The molecule has 0 saturated carbocycles. The molecule has 0 spiro atoms. The van der Waals surface area contributed by atoms with Crippen molar-refractivity contribution in [1.29, 1.82) is 0 Å². The van der Waals surface area contributed by atoms with Crippen molar-refractivity contribution in [2.45, 2.75) is 20.0 Å². The number of aliphatic imine (C=N–C) groups is 1. The van der Waals surface area contributed by atoms with E-state index in [1.807, 2.05) is 31.3 Å². The lowest BCUT2D eigenvalue weighted by Gasteiger charge is -2.22. The molecule has 1 heterocycles. The van der Waals surface area contributed by atoms with Gasteiger partial charge in [-0.15, -0.1) is 24.0 Å². The second kappa shape index (κ2) is 10.8. The molecular weight excluding hydrogens is 479 g/mol. The van der Waals surface area contributed by atoms with Gasteiger partial charge >= 0.3 is 0 Å². The number of hydrogen-bond acceptors (Lipinski definition) is 4. The second-order valence-corrected chi connectivity index (χ2v) is 6.52. The number of aromatic amines is 1. The van der Waals surface area contributed by atoms with Crippen LogP contribution in [0.1, 0.15) is 17.0 Å². The number of ether oxygens (including phenoxy) is 1. The average Bonchev–Trinajstić information content (AvgIpc) is 3.19. The third kappa shape index (κ3) is 5.93. The lowest BCUT2D eigenvalue weighted by atomic mass is 10.1. The van der Waals surface area contributed by atoms with Gasteiger partial charge in [-0.1, -0.05) is 24.3 Å². The van der Waals surface area contributed by atoms with Crippen molar-refractivity contribution in [3.8, 4) is 17.1 Å². The fraction of sp³-hybridized carbons (Fsp3) is 0.286. The van der Waals surface area contributed by atoms with Gasteiger partial charge in [0.15, 0.2) is 11.8 Å². The predicted octanol–water partition coefficient (Wildman–Crippen LogP) is 3.61. The molecule has 0 saturated heterocycles. The number of aromatic nitrogens is 3. The zero-order valence-corrected chi connectivity index (χ0v) is 19.5. The van der Waals surface area contributed by atoms with Crippen LogP contribution in [0.25, 0.3) is 11.4 Å². The SMILES string of the molecule is CN=C(NCc1nc(-c2ccc(OC)cc2)n[nH]1)N(C)Cc1ccccc1C.I. The maximum atomic E-state index is 5.18. The molecule has 3 rings (SSSR count). The van der Waals surface area contributed by atoms with Crippen LogP contribution in [0.4, 0.5) is 0 Å². The van der Waals surface area contributed by atoms with Crippen LogP contribution >= 0.6 is 24.0 Å². The summed E-state index contributed by atoms with van der Waals surface area (Å²) in [6, 6.07) is 16.0. The molecule has 2 N–H and O–H groups in total. The van der Waals surface area contributed by atoms with E-state index >= 15 is 0 Å². The third-order valence-corrected chi connectivity index (χ3v) is 4.54. The number of nitrogens with zero attached hydrogens (tertiary/aromatic N) is 4. The first-order valence-electron chi connectivity index (χ1n) is 9.12. The van der Waals surface area contributed by atoms with Crippen LogP contribution in [-0.4, -0.2) is 47.2 Å². The van der Waals surface area contributed by atoms with Crippen molar-refractivity contribution in [3.63, 3.8) is 0 Å². The highest BCUT2D eigenvalue weighted by Crippen LogP contribution is 2.18. The Morgan fingerprint density at radius 3 is 2.55 bits per heavy atom. The normalized spacial score (nSPS) is 11.0. The van der Waals surface area contributed by atoms with Crippen molar-refractivity contribution < 1.29 is 4.74 Å². The number of hydrogen-bond donors (Lipinski definition) is 2. The topological polar surface area (TPSA) is 78.4 Å². The van der Waals surface area contributed by atoms with Crippen LogP contribution in [0.3, 0.4) is 0 Å². The minimum absolute atomic E-state index is 0. The Labute approximate surface area is 188 Å². The summed E-state index contributed by atoms with van der Waals surface area (Å²) in [5, 5.41) is 10.6. The van der Waals surface area contributed by atoms with E-state index in [4.69, 9.17) is 4.74 Å². The molecule has 0 atom stereocenters. The standard InChI is InChI=1S/C21H26N6O.HI/c1-15-7-5-6-8-17(15)14-27(3)21(22-2)23-13-19-24-20(26-25-19)16-9-11-18(28-4)12-10-16;/h5-12H,13-14H2,1-4H3,(H,22,23)(H,24,25,26);1H. The first-order valence-corrected chi connectivity index (χ1v) is 9.12. The number of methoxy groups -OCH3 is 1. The number of nitrogens with one attached hydrogen (secondary N) is 2. The van der Waals surface area contributed by atoms with Gasteiger partial charge in [0.2, 0.25) is 0 Å². The summed E-state index contributed by atoms with van der Waals surface area (Å²) in [6.45, 7) is 3.41. The lowest BCUT2D eigenvalue weighted by Crippen LogP contribution is -2.38. The van der Waals surface area contributed by atoms with Crippen LogP contribution in [0.15, 0.2) is 53.5 Å². The number of H-pyrrole nitrogens is 1. The van der Waals surface area contributed by atoms with Crippen LogP contribution in [0.2, 0.25) is 0 Å². The van der Waals surface area contributed by atoms with Crippen LogP contribution < -0.4 is 10.1 Å². The Kier molecular flexibility index (Phi) is 8.44. The highest BCUT2D eigenvalue weighted by atomic mass is 127. The molecule has 0 aliphatic heterocycles. The molecule has 29 heavy (non-hydrogen) atoms. The van der Waals surface area contributed by atoms with E-state index in [2.05, 4.69) is 61.6 Å². The Morgan fingerprint density at radius 1 is 1.17 bits per heavy atom. The van der Waals surface area contributed by atoms with Crippen molar-refractivity contribution in [2.24, 2.45) is 4.99 Å². The summed E-state index contributed by atoms with van der Waals surface area (Å²) in [7, 11) is 5.44. The summed E-state index contributed by atoms with van der Waals surface area (Å²) in [5.74, 6) is 3.01. The molecular formula is C21H27IN6O. The summed E-state index contributed by atoms with van der Waals surface area (Å²) in [5.41, 5.74) is 3.47. The van der Waals surface area contributed by atoms with E-state index < -0.39 is 0 Å². The van der Waals surface area contributed by atoms with Crippen LogP contribution in [0.5, 0.6) is 5.75 Å². The fourth-order valence-electron chi connectivity index (χ4n) is 2.91. The molecule has 8 heteroatoms. The number of benzene rings is 2. The van der Waals surface area contributed by atoms with Gasteiger partial charge in [0, 0.05) is 26.2 Å². The van der Waals surface area contributed by atoms with E-state index in [0.29, 0.717) is 12.4 Å². The molecule has 0 radical (unpaired) electrons. The third-order valence-electron chi connectivity index (χ3n) is 4.54. The molecule has 0 bridgehead atoms. The molecule has 0 amide bonds. The Hall–Kier alpha value is -2.62. The zero-order chi connectivity index (χ0) is 19.9. The van der Waals surface area contributed by atoms with Gasteiger partial charge in [-0.3, -0.25) is 10.1 Å². The molecule has 2 aromatic carbocycles. The van der Waals surface area contributed by atoms with E-state index in [1.54, 1.807) is 14.2 Å². The summed E-state index contributed by atoms with van der Waals surface area (Å²) < 4.78 is 5.18. The average molecular weight is 506 g/mol. The number of guanidine groups is 1. The first kappa shape index (κ1) is 22.7. The minimum atomic E-state index is 0. The molecule has 3 aromatic rings. The summed E-state index contributed by atoms with van der Waals surface area (Å²) >= 11 is 0. The van der Waals surface area contributed by atoms with Crippen molar-refractivity contribution >= 4 is 29.9 Å². The largest absolute Gasteiger partial charge is 0.497 e. The molecule has 7 nitrogen and oxygen atoms in total. The van der Waals surface area contributed by atoms with Crippen molar-refractivity contribution in [2.75, 3.05) is 21.2 Å². The van der Waals surface area contributed by atoms with E-state index in [9.17, 15) is 0 Å². The van der Waals surface area contributed by atoms with Crippen molar-refractivity contribution in [1.82, 2.24) is 25.4 Å². The molecule has 1 aromatic heterocycles. The number of halogens is 1. The fourth-order valence-corrected chi connectivity index (χ4v) is 2.91. The van der Waals surface area contributed by atoms with Gasteiger partial charge in [0.1, 0.15) is 11.6 Å². The van der Waals surface area contributed by atoms with Crippen molar-refractivity contribution in [3.05, 3.63) is 65.5 Å². The van der Waals surface area contributed by atoms with E-state index in [0.717, 1.165) is 29.6 Å². The highest BCUT2D eigenvalue weighted by Gasteiger charge is 2.10. The van der Waals surface area contributed by atoms with Gasteiger partial charge in [-0.2, -0.15) is 5.10 Å². The maximum absolute atomic E-state index is 5.18. The Bertz CT molecular complexity index is 938. The van der Waals surface area contributed by atoms with Gasteiger partial charge in [0.25, 0.3) is 0 Å². The van der Waals surface area contributed by atoms with Crippen LogP contribution in [-0.2, 0) is 13.1 Å². The number of aryl methyl sites for hydroxylation is 1. The summed E-state index contributed by atoms with van der Waals surface area (Å²) in [6.07, 6.45) is 0. The Morgan fingerprint density at radius 2 is 1.90 bits per heavy atom. The first-order chi connectivity index (χ1) is 13.6. The lowest BCUT2D eigenvalue weighted by molar-refractivity contribution is 0.415. The summed E-state index contributed by atoms with van der Waals surface area (Å²) in [4.78, 5) is 11.0. The van der Waals surface area contributed by atoms with Gasteiger partial charge in [-0.05, 0) is 42.3 Å². The van der Waals surface area contributed by atoms with E-state index in [1.165, 1.54) is 11.1 Å². The molecule has 0 aliphatic rings. The number of rotatable bonds is 6. The highest BCUT2D eigenvalue weighted by molar-refractivity contribution is 14.0. The van der Waals surface area contributed by atoms with Crippen LogP contribution in [0, 0.1) is 6.92 Å². The quantitative estimate of drug-likeness (QED) is 0.304. The zero-order valence-electron chi connectivity index (χ0n) is 17.1. The molecule has 0 aliphatic carbocycles. The van der Waals surface area contributed by atoms with E-state index in [-0.39, 0.29) is 24.0 Å².